The van der Waals surface area contributed by atoms with E-state index in [1.54, 1.807) is 33.3 Å². The van der Waals surface area contributed by atoms with Gasteiger partial charge in [0, 0.05) is 0 Å². The Labute approximate surface area is 280 Å². The number of methoxy groups -OCH3 is 2. The van der Waals surface area contributed by atoms with Gasteiger partial charge in [-0.3, -0.25) is 9.59 Å². The van der Waals surface area contributed by atoms with E-state index in [9.17, 15) is 14.7 Å². The lowest BCUT2D eigenvalue weighted by molar-refractivity contribution is -0.115. The number of aliphatic hydroxyl groups excluding tert-OH is 1. The van der Waals surface area contributed by atoms with Crippen LogP contribution in [0.1, 0.15) is 6.92 Å². The van der Waals surface area contributed by atoms with Gasteiger partial charge in [0.05, 0.1) is 77.5 Å². The molecule has 5 aliphatic heterocycles. The Balaban J connectivity index is 1.19. The number of hydrogen-bond donors (Lipinski definition) is 1. The first-order valence-electron chi connectivity index (χ1n) is 14.2. The molecule has 0 aromatic heterocycles. The molecule has 14 heteroatoms. The molecule has 2 amide bonds. The average molecular weight is 689 g/mol. The van der Waals surface area contributed by atoms with Crippen molar-refractivity contribution in [3.05, 3.63) is 80.3 Å². The fraction of sp³-hybridized carbons (Fsp3) is 0.188. The predicted molar refractivity (Wildman–Crippen MR) is 181 cm³/mol. The zero-order chi connectivity index (χ0) is 31.7. The third-order valence-corrected chi connectivity index (χ3v) is 12.8. The van der Waals surface area contributed by atoms with Crippen LogP contribution in [0, 0.1) is 0 Å². The highest BCUT2D eigenvalue weighted by atomic mass is 32.2. The molecule has 0 aliphatic carbocycles. The van der Waals surface area contributed by atoms with Gasteiger partial charge in [-0.1, -0.05) is 83.4 Å². The number of para-hydroxylation sites is 2. The minimum atomic E-state index is -0.968. The van der Waals surface area contributed by atoms with Crippen molar-refractivity contribution in [3.63, 3.8) is 0 Å². The van der Waals surface area contributed by atoms with E-state index in [1.165, 1.54) is 57.1 Å². The zero-order valence-electron chi connectivity index (χ0n) is 24.5. The maximum Gasteiger partial charge on any atom is 0.282 e. The maximum atomic E-state index is 13.9. The van der Waals surface area contributed by atoms with E-state index in [4.69, 9.17) is 19.3 Å². The Kier molecular flexibility index (Phi) is 7.46. The number of hydrazone groups is 2. The first-order valence-corrected chi connectivity index (χ1v) is 17.4. The molecule has 0 spiro atoms. The second-order valence-electron chi connectivity index (χ2n) is 10.5. The van der Waals surface area contributed by atoms with Crippen molar-refractivity contribution >= 4 is 81.7 Å². The molecule has 5 aliphatic rings. The highest BCUT2D eigenvalue weighted by molar-refractivity contribution is 8.26. The van der Waals surface area contributed by atoms with Crippen molar-refractivity contribution in [2.75, 3.05) is 30.8 Å². The lowest BCUT2D eigenvalue weighted by Gasteiger charge is -2.14. The van der Waals surface area contributed by atoms with Crippen molar-refractivity contribution in [2.24, 2.45) is 10.2 Å². The number of aliphatic hydroxyl groups is 1. The van der Waals surface area contributed by atoms with Gasteiger partial charge < -0.3 is 19.3 Å². The molecular weight excluding hydrogens is 665 g/mol. The quantitative estimate of drug-likeness (QED) is 0.240. The number of rotatable bonds is 6. The SMILES string of the molecule is COc1c2c(c(OC)c3c1SC(=C1C(=O)N(c4ccccc4)N=C1C1CO1)S3)SC(=C1C(=O)N(c3ccccc3)N=C1C(C)O)S2. The fourth-order valence-electron chi connectivity index (χ4n) is 5.41. The summed E-state index contributed by atoms with van der Waals surface area (Å²) in [4.78, 5) is 30.9. The van der Waals surface area contributed by atoms with Gasteiger partial charge in [0.25, 0.3) is 11.8 Å². The second kappa shape index (κ2) is 11.5. The number of epoxide rings is 1. The van der Waals surface area contributed by atoms with Crippen LogP contribution in [0.15, 0.2) is 110 Å². The highest BCUT2D eigenvalue weighted by Crippen LogP contribution is 2.68. The molecule has 1 saturated heterocycles. The Hall–Kier alpha value is -3.66. The molecule has 232 valence electrons. The molecule has 0 radical (unpaired) electrons. The van der Waals surface area contributed by atoms with Gasteiger partial charge in [0.2, 0.25) is 0 Å². The van der Waals surface area contributed by atoms with E-state index in [1.807, 2.05) is 48.5 Å². The number of ether oxygens (including phenoxy) is 3. The molecular formula is C32H24N4O6S4. The summed E-state index contributed by atoms with van der Waals surface area (Å²) >= 11 is 5.67. The third-order valence-electron chi connectivity index (χ3n) is 7.61. The molecule has 3 aromatic carbocycles. The maximum absolute atomic E-state index is 13.9. The van der Waals surface area contributed by atoms with Gasteiger partial charge in [0.1, 0.15) is 29.0 Å². The molecule has 0 saturated carbocycles. The molecule has 1 N–H and O–H groups in total. The lowest BCUT2D eigenvalue weighted by Crippen LogP contribution is -2.23. The van der Waals surface area contributed by atoms with Crippen LogP contribution in [0.5, 0.6) is 11.5 Å². The number of fused-ring (bicyclic) bond motifs is 2. The molecule has 2 unspecified atom stereocenters. The first-order chi connectivity index (χ1) is 22.4. The molecule has 8 rings (SSSR count). The van der Waals surface area contributed by atoms with Gasteiger partial charge >= 0.3 is 0 Å². The number of amides is 2. The predicted octanol–water partition coefficient (Wildman–Crippen LogP) is 6.11. The minimum absolute atomic E-state index is 0.214. The van der Waals surface area contributed by atoms with Crippen molar-refractivity contribution in [2.45, 2.75) is 38.7 Å². The third kappa shape index (κ3) is 4.69. The number of hydrogen-bond acceptors (Lipinski definition) is 12. The van der Waals surface area contributed by atoms with E-state index in [0.29, 0.717) is 56.3 Å². The Bertz CT molecular complexity index is 1780. The number of benzene rings is 3. The van der Waals surface area contributed by atoms with E-state index in [-0.39, 0.29) is 17.9 Å². The average Bonchev–Trinajstić information content (AvgIpc) is 3.35. The van der Waals surface area contributed by atoms with Crippen molar-refractivity contribution in [1.29, 1.82) is 0 Å². The van der Waals surface area contributed by atoms with E-state index in [2.05, 4.69) is 5.10 Å². The van der Waals surface area contributed by atoms with Crippen LogP contribution < -0.4 is 19.5 Å². The standard InChI is InChI=1S/C32H24N4O6S4/c1-15(37)21-19(29(38)35(33-21)16-10-6-4-7-11-16)31-43-25-23(40-2)27-28(24(41-3)26(25)44-31)46-32(45-27)20-22(18-14-42-18)34-36(30(20)39)17-12-8-5-9-13-17/h4-13,15,18,37H,14H2,1-3H3. The van der Waals surface area contributed by atoms with Gasteiger partial charge in [0.15, 0.2) is 0 Å². The molecule has 5 heterocycles. The van der Waals surface area contributed by atoms with Crippen molar-refractivity contribution in [3.8, 4) is 11.5 Å². The largest absolute Gasteiger partial charge is 0.494 e. The summed E-state index contributed by atoms with van der Waals surface area (Å²) < 4.78 is 19.1. The first kappa shape index (κ1) is 29.7. The lowest BCUT2D eigenvalue weighted by atomic mass is 10.1. The van der Waals surface area contributed by atoms with Crippen LogP contribution in [0.4, 0.5) is 11.4 Å². The monoisotopic (exact) mass is 688 g/mol. The topological polar surface area (TPSA) is 117 Å². The summed E-state index contributed by atoms with van der Waals surface area (Å²) in [5.74, 6) is 0.718. The molecule has 3 aromatic rings. The number of thioether (sulfide) groups is 4. The second-order valence-corrected chi connectivity index (χ2v) is 15.1. The summed E-state index contributed by atoms with van der Waals surface area (Å²) in [5.41, 5.74) is 3.07. The fourth-order valence-corrected chi connectivity index (χ4v) is 11.1. The van der Waals surface area contributed by atoms with Crippen LogP contribution in [0.25, 0.3) is 0 Å². The zero-order valence-corrected chi connectivity index (χ0v) is 27.8. The van der Waals surface area contributed by atoms with E-state index in [0.717, 1.165) is 23.8 Å². The van der Waals surface area contributed by atoms with E-state index < -0.39 is 6.10 Å². The molecule has 0 bridgehead atoms. The van der Waals surface area contributed by atoms with Gasteiger partial charge in [-0.25, -0.2) is 0 Å². The Morgan fingerprint density at radius 1 is 0.761 bits per heavy atom. The van der Waals surface area contributed by atoms with Gasteiger partial charge in [-0.15, -0.1) is 0 Å². The van der Waals surface area contributed by atoms with Crippen molar-refractivity contribution in [1.82, 2.24) is 0 Å². The summed E-state index contributed by atoms with van der Waals surface area (Å²) in [5, 5.41) is 22.6. The smallest absolute Gasteiger partial charge is 0.282 e. The van der Waals surface area contributed by atoms with E-state index >= 15 is 0 Å². The normalized spacial score (nSPS) is 20.7. The highest BCUT2D eigenvalue weighted by Gasteiger charge is 2.47. The van der Waals surface area contributed by atoms with Crippen LogP contribution >= 0.6 is 47.0 Å². The van der Waals surface area contributed by atoms with Crippen LogP contribution in [-0.2, 0) is 14.3 Å². The Morgan fingerprint density at radius 2 is 1.20 bits per heavy atom. The van der Waals surface area contributed by atoms with Crippen LogP contribution in [0.2, 0.25) is 0 Å². The molecule has 46 heavy (non-hydrogen) atoms. The van der Waals surface area contributed by atoms with Crippen LogP contribution in [-0.4, -0.2) is 61.4 Å². The molecule has 1 fully saturated rings. The number of carbonyl (C=O) groups excluding carboxylic acids is 2. The summed E-state index contributed by atoms with van der Waals surface area (Å²) in [6.45, 7) is 2.11. The summed E-state index contributed by atoms with van der Waals surface area (Å²) in [7, 11) is 3.22. The van der Waals surface area contributed by atoms with Gasteiger partial charge in [-0.2, -0.15) is 20.2 Å². The molecule has 10 nitrogen and oxygen atoms in total. The number of nitrogens with zero attached hydrogens (tertiary/aromatic N) is 4. The Morgan fingerprint density at radius 3 is 1.63 bits per heavy atom. The summed E-state index contributed by atoms with van der Waals surface area (Å²) in [6, 6.07) is 18.5. The number of anilines is 2. The van der Waals surface area contributed by atoms with Crippen LogP contribution in [0.3, 0.4) is 0 Å². The summed E-state index contributed by atoms with van der Waals surface area (Å²) in [6.07, 6.45) is -1.20. The van der Waals surface area contributed by atoms with Crippen molar-refractivity contribution < 1.29 is 28.9 Å². The number of carbonyl (C=O) groups is 2. The molecule has 2 atom stereocenters. The minimum Gasteiger partial charge on any atom is -0.494 e. The van der Waals surface area contributed by atoms with Gasteiger partial charge in [-0.05, 0) is 31.2 Å².